The fraction of sp³-hybridized carbons (Fsp3) is 0.909. The van der Waals surface area contributed by atoms with Crippen molar-refractivity contribution in [2.75, 3.05) is 39.3 Å². The van der Waals surface area contributed by atoms with E-state index >= 15 is 0 Å². The van der Waals surface area contributed by atoms with E-state index in [9.17, 15) is 18.0 Å². The summed E-state index contributed by atoms with van der Waals surface area (Å²) < 4.78 is 36.6. The Labute approximate surface area is 116 Å². The van der Waals surface area contributed by atoms with Crippen molar-refractivity contribution in [1.82, 2.24) is 15.1 Å². The summed E-state index contributed by atoms with van der Waals surface area (Å²) >= 11 is 0. The first-order chi connectivity index (χ1) is 8.46. The van der Waals surface area contributed by atoms with E-state index in [1.54, 1.807) is 4.90 Å². The third-order valence-electron chi connectivity index (χ3n) is 3.45. The van der Waals surface area contributed by atoms with Crippen molar-refractivity contribution in [3.63, 3.8) is 0 Å². The number of halogens is 4. The van der Waals surface area contributed by atoms with Gasteiger partial charge in [0, 0.05) is 26.2 Å². The fourth-order valence-electron chi connectivity index (χ4n) is 2.50. The number of carbonyl (C=O) groups excluding carboxylic acids is 1. The number of rotatable bonds is 2. The number of piperazine rings is 1. The molecule has 1 N–H and O–H groups in total. The quantitative estimate of drug-likeness (QED) is 0.822. The van der Waals surface area contributed by atoms with Crippen molar-refractivity contribution in [1.29, 1.82) is 0 Å². The monoisotopic (exact) mass is 301 g/mol. The third-order valence-corrected chi connectivity index (χ3v) is 3.45. The molecule has 0 aliphatic carbocycles. The third kappa shape index (κ3) is 4.81. The molecule has 0 bridgehead atoms. The van der Waals surface area contributed by atoms with Crippen LogP contribution in [0.2, 0.25) is 0 Å². The number of carbonyl (C=O) groups is 1. The summed E-state index contributed by atoms with van der Waals surface area (Å²) in [5.41, 5.74) is 0. The molecule has 2 rings (SSSR count). The van der Waals surface area contributed by atoms with Crippen LogP contribution < -0.4 is 5.32 Å². The predicted octanol–water partition coefficient (Wildman–Crippen LogP) is 0.867. The second-order valence-corrected chi connectivity index (χ2v) is 4.87. The van der Waals surface area contributed by atoms with E-state index in [0.717, 1.165) is 19.4 Å². The molecule has 1 atom stereocenters. The van der Waals surface area contributed by atoms with Gasteiger partial charge < -0.3 is 10.2 Å². The van der Waals surface area contributed by atoms with E-state index in [2.05, 4.69) is 5.32 Å². The van der Waals surface area contributed by atoms with E-state index in [0.29, 0.717) is 26.2 Å². The lowest BCUT2D eigenvalue weighted by molar-refractivity contribution is -0.152. The lowest BCUT2D eigenvalue weighted by Gasteiger charge is -2.36. The van der Waals surface area contributed by atoms with Crippen molar-refractivity contribution in [2.24, 2.45) is 0 Å². The summed E-state index contributed by atoms with van der Waals surface area (Å²) in [6.07, 6.45) is -2.33. The van der Waals surface area contributed by atoms with Crippen LogP contribution in [0.4, 0.5) is 13.2 Å². The first-order valence-electron chi connectivity index (χ1n) is 6.27. The minimum Gasteiger partial charge on any atom is -0.339 e. The maximum Gasteiger partial charge on any atom is 0.401 e. The predicted molar refractivity (Wildman–Crippen MR) is 67.3 cm³/mol. The summed E-state index contributed by atoms with van der Waals surface area (Å²) in [5.74, 6) is 0.0409. The molecule has 0 aromatic heterocycles. The fourth-order valence-corrected chi connectivity index (χ4v) is 2.50. The first kappa shape index (κ1) is 16.5. The Hall–Kier alpha value is -0.530. The maximum absolute atomic E-state index is 12.2. The van der Waals surface area contributed by atoms with Crippen LogP contribution in [0.1, 0.15) is 12.8 Å². The summed E-state index contributed by atoms with van der Waals surface area (Å²) in [4.78, 5) is 15.0. The van der Waals surface area contributed by atoms with Gasteiger partial charge in [0.2, 0.25) is 5.91 Å². The second-order valence-electron chi connectivity index (χ2n) is 4.87. The van der Waals surface area contributed by atoms with Crippen LogP contribution in [0.3, 0.4) is 0 Å². The Bertz CT molecular complexity index is 300. The molecule has 2 heterocycles. The van der Waals surface area contributed by atoms with Gasteiger partial charge in [-0.2, -0.15) is 13.2 Å². The zero-order chi connectivity index (χ0) is 13.2. The van der Waals surface area contributed by atoms with Crippen molar-refractivity contribution < 1.29 is 18.0 Å². The highest BCUT2D eigenvalue weighted by Gasteiger charge is 2.34. The van der Waals surface area contributed by atoms with Crippen LogP contribution in [-0.2, 0) is 4.79 Å². The Kier molecular flexibility index (Phi) is 5.88. The van der Waals surface area contributed by atoms with Crippen molar-refractivity contribution >= 4 is 18.3 Å². The van der Waals surface area contributed by atoms with Gasteiger partial charge >= 0.3 is 6.18 Å². The Morgan fingerprint density at radius 2 is 1.84 bits per heavy atom. The number of alkyl halides is 3. The topological polar surface area (TPSA) is 35.6 Å². The zero-order valence-corrected chi connectivity index (χ0v) is 11.4. The minimum atomic E-state index is -4.15. The van der Waals surface area contributed by atoms with Gasteiger partial charge in [0.05, 0.1) is 12.6 Å². The van der Waals surface area contributed by atoms with Gasteiger partial charge in [-0.05, 0) is 19.4 Å². The van der Waals surface area contributed by atoms with Gasteiger partial charge in [0.1, 0.15) is 0 Å². The molecule has 2 aliphatic rings. The minimum absolute atomic E-state index is 0. The number of amides is 1. The normalized spacial score (nSPS) is 25.2. The Morgan fingerprint density at radius 3 is 2.32 bits per heavy atom. The molecule has 0 spiro atoms. The van der Waals surface area contributed by atoms with Gasteiger partial charge in [0.15, 0.2) is 0 Å². The van der Waals surface area contributed by atoms with Crippen LogP contribution in [0.25, 0.3) is 0 Å². The smallest absolute Gasteiger partial charge is 0.339 e. The van der Waals surface area contributed by atoms with E-state index in [-0.39, 0.29) is 24.4 Å². The summed E-state index contributed by atoms with van der Waals surface area (Å²) in [6, 6.07) is -0.126. The SMILES string of the molecule is Cl.O=C(C1CCCN1)N1CCN(CC(F)(F)F)CC1. The summed E-state index contributed by atoms with van der Waals surface area (Å²) in [6.45, 7) is 1.37. The largest absolute Gasteiger partial charge is 0.401 e. The van der Waals surface area contributed by atoms with E-state index < -0.39 is 12.7 Å². The number of hydrogen-bond donors (Lipinski definition) is 1. The van der Waals surface area contributed by atoms with Crippen molar-refractivity contribution in [2.45, 2.75) is 25.1 Å². The maximum atomic E-state index is 12.2. The summed E-state index contributed by atoms with van der Waals surface area (Å²) in [7, 11) is 0. The van der Waals surface area contributed by atoms with E-state index in [1.165, 1.54) is 4.90 Å². The molecule has 8 heteroatoms. The van der Waals surface area contributed by atoms with Crippen molar-refractivity contribution in [3.05, 3.63) is 0 Å². The molecule has 0 radical (unpaired) electrons. The Balaban J connectivity index is 0.00000180. The molecule has 1 unspecified atom stereocenters. The van der Waals surface area contributed by atoms with Crippen LogP contribution in [0, 0.1) is 0 Å². The highest BCUT2D eigenvalue weighted by atomic mass is 35.5. The molecule has 0 aromatic rings. The molecule has 112 valence electrons. The van der Waals surface area contributed by atoms with Crippen LogP contribution in [-0.4, -0.2) is 67.2 Å². The Morgan fingerprint density at radius 1 is 1.21 bits per heavy atom. The van der Waals surface area contributed by atoms with Gasteiger partial charge in [-0.25, -0.2) is 0 Å². The lowest BCUT2D eigenvalue weighted by atomic mass is 10.2. The number of nitrogens with zero attached hydrogens (tertiary/aromatic N) is 2. The zero-order valence-electron chi connectivity index (χ0n) is 10.6. The highest BCUT2D eigenvalue weighted by Crippen LogP contribution is 2.18. The lowest BCUT2D eigenvalue weighted by Crippen LogP contribution is -2.54. The molecule has 0 saturated carbocycles. The van der Waals surface area contributed by atoms with Crippen LogP contribution >= 0.6 is 12.4 Å². The van der Waals surface area contributed by atoms with Gasteiger partial charge in [-0.1, -0.05) is 0 Å². The summed E-state index contributed by atoms with van der Waals surface area (Å²) in [5, 5.41) is 3.12. The van der Waals surface area contributed by atoms with E-state index in [4.69, 9.17) is 0 Å². The number of hydrogen-bond acceptors (Lipinski definition) is 3. The van der Waals surface area contributed by atoms with E-state index in [1.807, 2.05) is 0 Å². The molecule has 1 amide bonds. The molecular formula is C11H19ClF3N3O. The molecule has 2 saturated heterocycles. The standard InChI is InChI=1S/C11H18F3N3O.ClH/c12-11(13,14)8-16-4-6-17(7-5-16)10(18)9-2-1-3-15-9;/h9,15H,1-8H2;1H. The van der Waals surface area contributed by atoms with Crippen molar-refractivity contribution in [3.8, 4) is 0 Å². The van der Waals surface area contributed by atoms with Gasteiger partial charge in [-0.15, -0.1) is 12.4 Å². The highest BCUT2D eigenvalue weighted by molar-refractivity contribution is 5.85. The molecule has 2 aliphatic heterocycles. The average molecular weight is 302 g/mol. The molecular weight excluding hydrogens is 283 g/mol. The first-order valence-corrected chi connectivity index (χ1v) is 6.27. The molecule has 0 aromatic carbocycles. The van der Waals surface area contributed by atoms with Crippen LogP contribution in [0.15, 0.2) is 0 Å². The van der Waals surface area contributed by atoms with Gasteiger partial charge in [0.25, 0.3) is 0 Å². The molecule has 2 fully saturated rings. The van der Waals surface area contributed by atoms with Crippen LogP contribution in [0.5, 0.6) is 0 Å². The van der Waals surface area contributed by atoms with Gasteiger partial charge in [-0.3, -0.25) is 9.69 Å². The average Bonchev–Trinajstić information content (AvgIpc) is 2.80. The molecule has 4 nitrogen and oxygen atoms in total. The number of nitrogens with one attached hydrogen (secondary N) is 1. The second kappa shape index (κ2) is 6.76. The molecule has 19 heavy (non-hydrogen) atoms.